The molecular formula is C24H23NO7. The van der Waals surface area contributed by atoms with Crippen LogP contribution in [0.2, 0.25) is 0 Å². The molecule has 1 unspecified atom stereocenters. The van der Waals surface area contributed by atoms with E-state index in [1.807, 2.05) is 19.1 Å². The minimum atomic E-state index is -0.770. The summed E-state index contributed by atoms with van der Waals surface area (Å²) in [5.74, 6) is -0.353. The molecule has 1 aliphatic rings. The Balaban J connectivity index is 1.39. The Morgan fingerprint density at radius 1 is 1.09 bits per heavy atom. The second-order valence-corrected chi connectivity index (χ2v) is 7.57. The average molecular weight is 437 g/mol. The summed E-state index contributed by atoms with van der Waals surface area (Å²) >= 11 is 0. The Bertz CT molecular complexity index is 1180. The first kappa shape index (κ1) is 21.6. The van der Waals surface area contributed by atoms with Crippen molar-refractivity contribution < 1.29 is 28.2 Å². The Labute approximate surface area is 184 Å². The van der Waals surface area contributed by atoms with Crippen molar-refractivity contribution in [2.75, 3.05) is 19.8 Å². The molecule has 1 saturated heterocycles. The maximum Gasteiger partial charge on any atom is 0.349 e. The van der Waals surface area contributed by atoms with Gasteiger partial charge in [-0.25, -0.2) is 9.59 Å². The summed E-state index contributed by atoms with van der Waals surface area (Å²) in [7, 11) is 0. The lowest BCUT2D eigenvalue weighted by Crippen LogP contribution is -2.34. The molecule has 2 aromatic carbocycles. The number of esters is 1. The van der Waals surface area contributed by atoms with Crippen LogP contribution in [0.3, 0.4) is 0 Å². The maximum atomic E-state index is 12.4. The van der Waals surface area contributed by atoms with Crippen molar-refractivity contribution in [2.45, 2.75) is 25.9 Å². The molecule has 0 spiro atoms. The first-order chi connectivity index (χ1) is 15.5. The largest absolute Gasteiger partial charge is 0.482 e. The number of nitrogens with one attached hydrogen (secondary N) is 1. The number of benzene rings is 2. The van der Waals surface area contributed by atoms with Gasteiger partial charge < -0.3 is 23.9 Å². The fourth-order valence-corrected chi connectivity index (χ4v) is 3.36. The van der Waals surface area contributed by atoms with Crippen LogP contribution >= 0.6 is 0 Å². The summed E-state index contributed by atoms with van der Waals surface area (Å²) < 4.78 is 21.4. The first-order valence-electron chi connectivity index (χ1n) is 10.4. The van der Waals surface area contributed by atoms with E-state index in [0.29, 0.717) is 24.3 Å². The minimum Gasteiger partial charge on any atom is -0.482 e. The lowest BCUT2D eigenvalue weighted by molar-refractivity contribution is -0.136. The van der Waals surface area contributed by atoms with Crippen LogP contribution in [-0.2, 0) is 9.53 Å². The van der Waals surface area contributed by atoms with E-state index in [1.54, 1.807) is 24.3 Å². The third-order valence-electron chi connectivity index (χ3n) is 5.08. The first-order valence-corrected chi connectivity index (χ1v) is 10.4. The molecule has 0 radical (unpaired) electrons. The van der Waals surface area contributed by atoms with Gasteiger partial charge in [0.1, 0.15) is 22.6 Å². The summed E-state index contributed by atoms with van der Waals surface area (Å²) in [6.45, 7) is 2.71. The second kappa shape index (κ2) is 9.65. The van der Waals surface area contributed by atoms with Crippen LogP contribution in [0.25, 0.3) is 11.0 Å². The molecule has 8 nitrogen and oxygen atoms in total. The fraction of sp³-hybridized carbons (Fsp3) is 0.292. The Hall–Kier alpha value is -3.65. The number of hydrogen-bond acceptors (Lipinski definition) is 7. The summed E-state index contributed by atoms with van der Waals surface area (Å²) in [5.41, 5.74) is 0.428. The van der Waals surface area contributed by atoms with E-state index in [0.717, 1.165) is 18.4 Å². The Morgan fingerprint density at radius 3 is 2.62 bits per heavy atom. The third kappa shape index (κ3) is 5.33. The van der Waals surface area contributed by atoms with Crippen molar-refractivity contribution in [3.63, 3.8) is 0 Å². The smallest absolute Gasteiger partial charge is 0.349 e. The molecule has 1 N–H and O–H groups in total. The van der Waals surface area contributed by atoms with Gasteiger partial charge in [0.15, 0.2) is 6.61 Å². The van der Waals surface area contributed by atoms with Crippen molar-refractivity contribution in [1.29, 1.82) is 0 Å². The summed E-state index contributed by atoms with van der Waals surface area (Å²) in [6, 6.07) is 13.3. The van der Waals surface area contributed by atoms with E-state index >= 15 is 0 Å². The zero-order chi connectivity index (χ0) is 22.5. The van der Waals surface area contributed by atoms with E-state index in [2.05, 4.69) is 5.32 Å². The highest BCUT2D eigenvalue weighted by Gasteiger charge is 2.19. The summed E-state index contributed by atoms with van der Waals surface area (Å²) in [6.07, 6.45) is 1.81. The molecule has 2 heterocycles. The van der Waals surface area contributed by atoms with Crippen LogP contribution in [-0.4, -0.2) is 37.7 Å². The molecule has 32 heavy (non-hydrogen) atoms. The van der Waals surface area contributed by atoms with E-state index < -0.39 is 17.5 Å². The lowest BCUT2D eigenvalue weighted by Gasteiger charge is -2.10. The number of aryl methyl sites for hydroxylation is 1. The number of carbonyl (C=O) groups excluding carboxylic acids is 2. The summed E-state index contributed by atoms with van der Waals surface area (Å²) in [5, 5.41) is 3.24. The monoisotopic (exact) mass is 437 g/mol. The van der Waals surface area contributed by atoms with Gasteiger partial charge in [0.05, 0.1) is 6.10 Å². The van der Waals surface area contributed by atoms with Crippen LogP contribution in [0.5, 0.6) is 11.5 Å². The minimum absolute atomic E-state index is 0.0290. The van der Waals surface area contributed by atoms with Crippen LogP contribution in [0.15, 0.2) is 57.7 Å². The van der Waals surface area contributed by atoms with E-state index in [1.165, 1.54) is 12.1 Å². The van der Waals surface area contributed by atoms with Crippen LogP contribution in [0.1, 0.15) is 28.8 Å². The highest BCUT2D eigenvalue weighted by atomic mass is 16.6. The van der Waals surface area contributed by atoms with Gasteiger partial charge in [-0.15, -0.1) is 0 Å². The second-order valence-electron chi connectivity index (χ2n) is 7.57. The number of hydrogen-bond donors (Lipinski definition) is 1. The Kier molecular flexibility index (Phi) is 6.51. The lowest BCUT2D eigenvalue weighted by atomic mass is 10.1. The molecule has 0 saturated carbocycles. The highest BCUT2D eigenvalue weighted by Crippen LogP contribution is 2.21. The number of ether oxygens (including phenoxy) is 3. The van der Waals surface area contributed by atoms with Crippen molar-refractivity contribution in [2.24, 2.45) is 0 Å². The van der Waals surface area contributed by atoms with Gasteiger partial charge in [-0.1, -0.05) is 17.7 Å². The summed E-state index contributed by atoms with van der Waals surface area (Å²) in [4.78, 5) is 36.8. The molecule has 1 aliphatic heterocycles. The van der Waals surface area contributed by atoms with Gasteiger partial charge in [-0.05, 0) is 50.1 Å². The van der Waals surface area contributed by atoms with Gasteiger partial charge in [-0.2, -0.15) is 0 Å². The van der Waals surface area contributed by atoms with Gasteiger partial charge in [0, 0.05) is 24.6 Å². The predicted octanol–water partition coefficient (Wildman–Crippen LogP) is 2.99. The van der Waals surface area contributed by atoms with E-state index in [9.17, 15) is 14.4 Å². The topological polar surface area (TPSA) is 104 Å². The Morgan fingerprint density at radius 2 is 1.88 bits per heavy atom. The molecule has 3 aromatic rings. The number of carbonyl (C=O) groups is 2. The van der Waals surface area contributed by atoms with Crippen LogP contribution in [0, 0.1) is 6.92 Å². The van der Waals surface area contributed by atoms with Gasteiger partial charge in [0.25, 0.3) is 5.91 Å². The zero-order valence-electron chi connectivity index (χ0n) is 17.6. The average Bonchev–Trinajstić information content (AvgIpc) is 3.30. The molecule has 0 aliphatic carbocycles. The van der Waals surface area contributed by atoms with E-state index in [-0.39, 0.29) is 29.6 Å². The van der Waals surface area contributed by atoms with Gasteiger partial charge in [0.2, 0.25) is 0 Å². The molecular weight excluding hydrogens is 414 g/mol. The molecule has 4 rings (SSSR count). The maximum absolute atomic E-state index is 12.4. The molecule has 1 amide bonds. The molecule has 0 bridgehead atoms. The highest BCUT2D eigenvalue weighted by molar-refractivity contribution is 5.96. The standard InChI is InChI=1S/C24H23NO7/c1-15-4-7-17(8-5-15)30-14-22(26)31-18-9-6-16-11-20(24(28)32-21(16)12-18)23(27)25-13-19-3-2-10-29-19/h4-9,11-12,19H,2-3,10,13-14H2,1H3,(H,25,27). The molecule has 8 heteroatoms. The van der Waals surface area contributed by atoms with Crippen molar-refractivity contribution in [1.82, 2.24) is 5.32 Å². The van der Waals surface area contributed by atoms with Crippen molar-refractivity contribution >= 4 is 22.8 Å². The zero-order valence-corrected chi connectivity index (χ0v) is 17.6. The van der Waals surface area contributed by atoms with Gasteiger partial charge in [-0.3, -0.25) is 4.79 Å². The normalized spacial score (nSPS) is 15.5. The number of amides is 1. The predicted molar refractivity (Wildman–Crippen MR) is 116 cm³/mol. The number of rotatable bonds is 7. The van der Waals surface area contributed by atoms with Crippen LogP contribution in [0.4, 0.5) is 0 Å². The molecule has 166 valence electrons. The van der Waals surface area contributed by atoms with Crippen molar-refractivity contribution in [3.05, 3.63) is 70.1 Å². The van der Waals surface area contributed by atoms with Gasteiger partial charge >= 0.3 is 11.6 Å². The fourth-order valence-electron chi connectivity index (χ4n) is 3.36. The van der Waals surface area contributed by atoms with Crippen molar-refractivity contribution in [3.8, 4) is 11.5 Å². The SMILES string of the molecule is Cc1ccc(OCC(=O)Oc2ccc3cc(C(=O)NCC4CCCO4)c(=O)oc3c2)cc1. The third-order valence-corrected chi connectivity index (χ3v) is 5.08. The van der Waals surface area contributed by atoms with E-state index in [4.69, 9.17) is 18.6 Å². The molecule has 1 aromatic heterocycles. The molecule has 1 atom stereocenters. The number of fused-ring (bicyclic) bond motifs is 1. The quantitative estimate of drug-likeness (QED) is 0.344. The molecule has 1 fully saturated rings. The van der Waals surface area contributed by atoms with Crippen LogP contribution < -0.4 is 20.4 Å².